The summed E-state index contributed by atoms with van der Waals surface area (Å²) in [4.78, 5) is 5.54. The van der Waals surface area contributed by atoms with Gasteiger partial charge < -0.3 is 10.3 Å². The summed E-state index contributed by atoms with van der Waals surface area (Å²) in [6, 6.07) is 7.92. The van der Waals surface area contributed by atoms with Crippen LogP contribution in [0.1, 0.15) is 10.4 Å². The number of hydrogen-bond acceptors (Lipinski definition) is 5. The van der Waals surface area contributed by atoms with Crippen LogP contribution in [0.2, 0.25) is 0 Å². The summed E-state index contributed by atoms with van der Waals surface area (Å²) < 4.78 is 6.34. The number of rotatable bonds is 2. The zero-order chi connectivity index (χ0) is 14.3. The van der Waals surface area contributed by atoms with Crippen molar-refractivity contribution in [2.75, 3.05) is 5.73 Å². The van der Waals surface area contributed by atoms with Crippen molar-refractivity contribution in [3.8, 4) is 22.8 Å². The van der Waals surface area contributed by atoms with Gasteiger partial charge in [0, 0.05) is 14.9 Å². The minimum absolute atomic E-state index is 0.457. The van der Waals surface area contributed by atoms with E-state index in [0.717, 1.165) is 26.0 Å². The van der Waals surface area contributed by atoms with E-state index in [2.05, 4.69) is 26.1 Å². The number of halogens is 1. The standard InChI is InChI=1S/C14H12BrN3OS/c1-7-3-4-9(6-11(7)15)13-17-14(19-18-13)10-5-8(2)20-12(10)16/h3-6H,16H2,1-2H3. The Hall–Kier alpha value is -1.66. The predicted molar refractivity (Wildman–Crippen MR) is 84.6 cm³/mol. The smallest absolute Gasteiger partial charge is 0.261 e. The van der Waals surface area contributed by atoms with Gasteiger partial charge in [0.05, 0.1) is 10.6 Å². The molecule has 4 nitrogen and oxygen atoms in total. The Balaban J connectivity index is 2.01. The maximum absolute atomic E-state index is 5.95. The van der Waals surface area contributed by atoms with Crippen LogP contribution in [0.15, 0.2) is 33.3 Å². The first-order valence-electron chi connectivity index (χ1n) is 6.01. The van der Waals surface area contributed by atoms with Crippen LogP contribution in [0.25, 0.3) is 22.8 Å². The van der Waals surface area contributed by atoms with Crippen molar-refractivity contribution in [2.24, 2.45) is 0 Å². The van der Waals surface area contributed by atoms with E-state index in [0.29, 0.717) is 16.7 Å². The van der Waals surface area contributed by atoms with Crippen LogP contribution in [-0.2, 0) is 0 Å². The molecule has 3 rings (SSSR count). The molecule has 0 spiro atoms. The van der Waals surface area contributed by atoms with E-state index in [1.807, 2.05) is 38.1 Å². The number of hydrogen-bond donors (Lipinski definition) is 1. The number of nitrogens with zero attached hydrogens (tertiary/aromatic N) is 2. The van der Waals surface area contributed by atoms with Crippen molar-refractivity contribution < 1.29 is 4.52 Å². The lowest BCUT2D eigenvalue weighted by molar-refractivity contribution is 0.432. The average Bonchev–Trinajstić information content (AvgIpc) is 2.99. The lowest BCUT2D eigenvalue weighted by atomic mass is 10.1. The highest BCUT2D eigenvalue weighted by molar-refractivity contribution is 9.10. The van der Waals surface area contributed by atoms with Crippen molar-refractivity contribution in [3.05, 3.63) is 39.2 Å². The van der Waals surface area contributed by atoms with E-state index in [9.17, 15) is 0 Å². The van der Waals surface area contributed by atoms with E-state index in [1.165, 1.54) is 11.3 Å². The van der Waals surface area contributed by atoms with Gasteiger partial charge in [0.2, 0.25) is 5.82 Å². The van der Waals surface area contributed by atoms with Gasteiger partial charge in [-0.2, -0.15) is 4.98 Å². The molecule has 0 radical (unpaired) electrons. The van der Waals surface area contributed by atoms with Gasteiger partial charge in [-0.15, -0.1) is 11.3 Å². The number of aryl methyl sites for hydroxylation is 2. The first kappa shape index (κ1) is 13.3. The summed E-state index contributed by atoms with van der Waals surface area (Å²) in [5.74, 6) is 1.02. The largest absolute Gasteiger partial charge is 0.390 e. The fourth-order valence-corrected chi connectivity index (χ4v) is 3.04. The number of anilines is 1. The summed E-state index contributed by atoms with van der Waals surface area (Å²) in [7, 11) is 0. The number of aromatic nitrogens is 2. The number of nitrogen functional groups attached to an aromatic ring is 1. The van der Waals surface area contributed by atoms with Gasteiger partial charge in [0.25, 0.3) is 5.89 Å². The van der Waals surface area contributed by atoms with Crippen molar-refractivity contribution in [3.63, 3.8) is 0 Å². The molecular formula is C14H12BrN3OS. The molecule has 0 atom stereocenters. The van der Waals surface area contributed by atoms with E-state index < -0.39 is 0 Å². The van der Waals surface area contributed by atoms with Gasteiger partial charge >= 0.3 is 0 Å². The quantitative estimate of drug-likeness (QED) is 0.743. The Morgan fingerprint density at radius 1 is 1.25 bits per heavy atom. The Kier molecular flexibility index (Phi) is 3.35. The van der Waals surface area contributed by atoms with Crippen molar-refractivity contribution >= 4 is 32.3 Å². The van der Waals surface area contributed by atoms with Gasteiger partial charge in [0.1, 0.15) is 0 Å². The molecule has 2 heterocycles. The van der Waals surface area contributed by atoms with Gasteiger partial charge in [-0.3, -0.25) is 0 Å². The molecule has 20 heavy (non-hydrogen) atoms. The third kappa shape index (κ3) is 2.36. The molecule has 0 aliphatic rings. The second-order valence-electron chi connectivity index (χ2n) is 4.52. The summed E-state index contributed by atoms with van der Waals surface area (Å²) >= 11 is 5.02. The minimum atomic E-state index is 0.457. The Bertz CT molecular complexity index is 779. The molecule has 0 aliphatic heterocycles. The van der Waals surface area contributed by atoms with Crippen LogP contribution in [-0.4, -0.2) is 10.1 Å². The molecule has 0 aliphatic carbocycles. The van der Waals surface area contributed by atoms with E-state index >= 15 is 0 Å². The second kappa shape index (κ2) is 5.03. The van der Waals surface area contributed by atoms with Crippen LogP contribution in [0.4, 0.5) is 5.00 Å². The molecule has 0 fully saturated rings. The van der Waals surface area contributed by atoms with Gasteiger partial charge in [-0.1, -0.05) is 33.2 Å². The normalized spacial score (nSPS) is 10.9. The average molecular weight is 350 g/mol. The molecule has 3 aromatic rings. The zero-order valence-corrected chi connectivity index (χ0v) is 13.4. The van der Waals surface area contributed by atoms with Crippen molar-refractivity contribution in [1.29, 1.82) is 0 Å². The number of benzene rings is 1. The predicted octanol–water partition coefficient (Wildman–Crippen LogP) is 4.43. The highest BCUT2D eigenvalue weighted by Crippen LogP contribution is 2.33. The molecule has 2 N–H and O–H groups in total. The molecule has 0 unspecified atom stereocenters. The van der Waals surface area contributed by atoms with E-state index in [-0.39, 0.29) is 0 Å². The highest BCUT2D eigenvalue weighted by atomic mass is 79.9. The molecular weight excluding hydrogens is 338 g/mol. The van der Waals surface area contributed by atoms with Gasteiger partial charge in [-0.25, -0.2) is 0 Å². The first-order chi connectivity index (χ1) is 9.54. The van der Waals surface area contributed by atoms with E-state index in [4.69, 9.17) is 10.3 Å². The summed E-state index contributed by atoms with van der Waals surface area (Å²) in [5.41, 5.74) is 8.82. The van der Waals surface area contributed by atoms with Crippen LogP contribution in [0.5, 0.6) is 0 Å². The SMILES string of the molecule is Cc1cc(-c2nc(-c3ccc(C)c(Br)c3)no2)c(N)s1. The third-order valence-electron chi connectivity index (χ3n) is 2.97. The molecule has 2 aromatic heterocycles. The molecule has 0 saturated heterocycles. The molecule has 6 heteroatoms. The van der Waals surface area contributed by atoms with Gasteiger partial charge in [-0.05, 0) is 31.5 Å². The fraction of sp³-hybridized carbons (Fsp3) is 0.143. The summed E-state index contributed by atoms with van der Waals surface area (Å²) in [6.07, 6.45) is 0. The number of nitrogens with two attached hydrogens (primary N) is 1. The van der Waals surface area contributed by atoms with Crippen LogP contribution >= 0.6 is 27.3 Å². The van der Waals surface area contributed by atoms with Gasteiger partial charge in [0.15, 0.2) is 0 Å². The number of thiophene rings is 1. The molecule has 0 bridgehead atoms. The molecule has 102 valence electrons. The Morgan fingerprint density at radius 2 is 2.05 bits per heavy atom. The highest BCUT2D eigenvalue weighted by Gasteiger charge is 2.15. The first-order valence-corrected chi connectivity index (χ1v) is 7.62. The topological polar surface area (TPSA) is 64.9 Å². The third-order valence-corrected chi connectivity index (χ3v) is 4.70. The second-order valence-corrected chi connectivity index (χ2v) is 6.66. The summed E-state index contributed by atoms with van der Waals surface area (Å²) in [6.45, 7) is 4.03. The van der Waals surface area contributed by atoms with Crippen molar-refractivity contribution in [1.82, 2.24) is 10.1 Å². The van der Waals surface area contributed by atoms with E-state index in [1.54, 1.807) is 0 Å². The van der Waals surface area contributed by atoms with Crippen LogP contribution in [0.3, 0.4) is 0 Å². The van der Waals surface area contributed by atoms with Crippen LogP contribution < -0.4 is 5.73 Å². The lowest BCUT2D eigenvalue weighted by Gasteiger charge is -1.99. The maximum atomic E-state index is 5.95. The molecule has 0 saturated carbocycles. The van der Waals surface area contributed by atoms with Crippen LogP contribution in [0, 0.1) is 13.8 Å². The maximum Gasteiger partial charge on any atom is 0.261 e. The molecule has 1 aromatic carbocycles. The minimum Gasteiger partial charge on any atom is -0.390 e. The van der Waals surface area contributed by atoms with Crippen molar-refractivity contribution in [2.45, 2.75) is 13.8 Å². The monoisotopic (exact) mass is 349 g/mol. The molecule has 0 amide bonds. The Labute approximate surface area is 128 Å². The summed E-state index contributed by atoms with van der Waals surface area (Å²) in [5, 5.41) is 4.72. The fourth-order valence-electron chi connectivity index (χ4n) is 1.88. The lowest BCUT2D eigenvalue weighted by Crippen LogP contribution is -1.85. The zero-order valence-electron chi connectivity index (χ0n) is 11.0. The Morgan fingerprint density at radius 3 is 2.70 bits per heavy atom.